The van der Waals surface area contributed by atoms with E-state index >= 15 is 0 Å². The van der Waals surface area contributed by atoms with Gasteiger partial charge in [0.05, 0.1) is 9.83 Å². The average molecular weight is 396 g/mol. The van der Waals surface area contributed by atoms with Crippen molar-refractivity contribution in [2.24, 2.45) is 5.73 Å². The third-order valence-electron chi connectivity index (χ3n) is 3.50. The fraction of sp³-hybridized carbons (Fsp3) is 0.692. The summed E-state index contributed by atoms with van der Waals surface area (Å²) < 4.78 is 2.29. The molecule has 1 aromatic rings. The molecule has 0 radical (unpaired) electrons. The summed E-state index contributed by atoms with van der Waals surface area (Å²) in [4.78, 5) is 3.90. The Labute approximate surface area is 130 Å². The van der Waals surface area contributed by atoms with Crippen molar-refractivity contribution >= 4 is 43.2 Å². The molecule has 2 rings (SSSR count). The maximum Gasteiger partial charge on any atom is 0.0843 e. The molecule has 1 aliphatic rings. The smallest absolute Gasteiger partial charge is 0.0843 e. The number of likely N-dealkylation sites (tertiary alicyclic amines) is 1. The molecule has 2 heterocycles. The highest BCUT2D eigenvalue weighted by atomic mass is 79.9. The minimum Gasteiger partial charge on any atom is -0.326 e. The number of hydrogen-bond acceptors (Lipinski definition) is 3. The molecular formula is C13H20Br2N2S. The van der Waals surface area contributed by atoms with Crippen LogP contribution in [-0.4, -0.2) is 23.0 Å². The van der Waals surface area contributed by atoms with Gasteiger partial charge in [-0.2, -0.15) is 0 Å². The Bertz CT molecular complexity index is 406. The van der Waals surface area contributed by atoms with Crippen LogP contribution >= 0.6 is 43.2 Å². The van der Waals surface area contributed by atoms with E-state index in [0.29, 0.717) is 6.04 Å². The second kappa shape index (κ2) is 5.52. The molecule has 2 unspecified atom stereocenters. The van der Waals surface area contributed by atoms with Crippen molar-refractivity contribution in [2.75, 3.05) is 6.54 Å². The topological polar surface area (TPSA) is 29.3 Å². The van der Waals surface area contributed by atoms with Gasteiger partial charge in [-0.1, -0.05) is 0 Å². The first-order chi connectivity index (χ1) is 8.30. The zero-order chi connectivity index (χ0) is 13.5. The van der Waals surface area contributed by atoms with Crippen LogP contribution in [0.1, 0.15) is 44.5 Å². The highest BCUT2D eigenvalue weighted by molar-refractivity contribution is 9.13. The van der Waals surface area contributed by atoms with Crippen LogP contribution in [0.4, 0.5) is 0 Å². The van der Waals surface area contributed by atoms with E-state index in [1.54, 1.807) is 11.3 Å². The van der Waals surface area contributed by atoms with Gasteiger partial charge in [-0.05, 0) is 78.1 Å². The second-order valence-electron chi connectivity index (χ2n) is 5.89. The van der Waals surface area contributed by atoms with E-state index in [2.05, 4.69) is 63.6 Å². The first kappa shape index (κ1) is 15.0. The van der Waals surface area contributed by atoms with Crippen LogP contribution < -0.4 is 5.73 Å². The zero-order valence-corrected chi connectivity index (χ0v) is 15.0. The minimum atomic E-state index is 0.158. The van der Waals surface area contributed by atoms with Crippen LogP contribution in [0.25, 0.3) is 0 Å². The fourth-order valence-corrected chi connectivity index (χ4v) is 4.93. The predicted octanol–water partition coefficient (Wildman–Crippen LogP) is 4.54. The van der Waals surface area contributed by atoms with Crippen molar-refractivity contribution in [1.82, 2.24) is 4.90 Å². The fourth-order valence-electron chi connectivity index (χ4n) is 2.65. The van der Waals surface area contributed by atoms with Gasteiger partial charge < -0.3 is 5.73 Å². The summed E-state index contributed by atoms with van der Waals surface area (Å²) in [5, 5.41) is 0. The Morgan fingerprint density at radius 2 is 2.06 bits per heavy atom. The number of hydrogen-bond donors (Lipinski definition) is 1. The lowest BCUT2D eigenvalue weighted by molar-refractivity contribution is 0.0402. The lowest BCUT2D eigenvalue weighted by Gasteiger charge is -2.47. The van der Waals surface area contributed by atoms with Crippen LogP contribution in [0.15, 0.2) is 14.3 Å². The van der Waals surface area contributed by atoms with Crippen molar-refractivity contribution in [2.45, 2.75) is 51.2 Å². The summed E-state index contributed by atoms with van der Waals surface area (Å²) in [6.07, 6.45) is 2.31. The molecule has 2 atom stereocenters. The summed E-state index contributed by atoms with van der Waals surface area (Å²) in [5.74, 6) is 0. The molecule has 0 aliphatic carbocycles. The first-order valence-electron chi connectivity index (χ1n) is 6.28. The molecular weight excluding hydrogens is 376 g/mol. The zero-order valence-electron chi connectivity index (χ0n) is 11.0. The summed E-state index contributed by atoms with van der Waals surface area (Å²) >= 11 is 8.96. The minimum absolute atomic E-state index is 0.158. The highest BCUT2D eigenvalue weighted by Crippen LogP contribution is 2.42. The number of nitrogens with two attached hydrogens (primary N) is 1. The van der Waals surface area contributed by atoms with Crippen molar-refractivity contribution < 1.29 is 0 Å². The van der Waals surface area contributed by atoms with Gasteiger partial charge in [-0.3, -0.25) is 4.90 Å². The molecule has 18 heavy (non-hydrogen) atoms. The number of piperidine rings is 1. The van der Waals surface area contributed by atoms with Gasteiger partial charge in [-0.15, -0.1) is 11.3 Å². The molecule has 0 saturated carbocycles. The van der Waals surface area contributed by atoms with E-state index in [-0.39, 0.29) is 11.6 Å². The lowest BCUT2D eigenvalue weighted by Crippen LogP contribution is -2.53. The molecule has 0 amide bonds. The van der Waals surface area contributed by atoms with E-state index in [9.17, 15) is 0 Å². The Morgan fingerprint density at radius 3 is 2.56 bits per heavy atom. The van der Waals surface area contributed by atoms with Crippen LogP contribution in [0.5, 0.6) is 0 Å². The van der Waals surface area contributed by atoms with Gasteiger partial charge in [0.25, 0.3) is 0 Å². The molecule has 102 valence electrons. The molecule has 1 aromatic heterocycles. The van der Waals surface area contributed by atoms with Gasteiger partial charge in [-0.25, -0.2) is 0 Å². The van der Waals surface area contributed by atoms with E-state index in [4.69, 9.17) is 5.73 Å². The predicted molar refractivity (Wildman–Crippen MR) is 86.1 cm³/mol. The number of rotatable bonds is 1. The third kappa shape index (κ3) is 3.01. The van der Waals surface area contributed by atoms with Gasteiger partial charge in [0.2, 0.25) is 0 Å². The maximum atomic E-state index is 6.39. The highest BCUT2D eigenvalue weighted by Gasteiger charge is 2.37. The Hall–Kier alpha value is 0.580. The number of thiophene rings is 1. The molecule has 2 N–H and O–H groups in total. The van der Waals surface area contributed by atoms with Crippen LogP contribution in [0.2, 0.25) is 0 Å². The van der Waals surface area contributed by atoms with Crippen LogP contribution in [-0.2, 0) is 0 Å². The van der Waals surface area contributed by atoms with E-state index in [0.717, 1.165) is 21.2 Å². The van der Waals surface area contributed by atoms with Crippen LogP contribution in [0, 0.1) is 0 Å². The molecule has 2 nitrogen and oxygen atoms in total. The SMILES string of the molecule is CC(C)(C)N1CCCC(N)C1c1cc(Br)c(Br)s1. The van der Waals surface area contributed by atoms with Gasteiger partial charge >= 0.3 is 0 Å². The quantitative estimate of drug-likeness (QED) is 0.756. The van der Waals surface area contributed by atoms with Crippen molar-refractivity contribution in [3.05, 3.63) is 19.2 Å². The van der Waals surface area contributed by atoms with E-state index < -0.39 is 0 Å². The van der Waals surface area contributed by atoms with Crippen LogP contribution in [0.3, 0.4) is 0 Å². The Morgan fingerprint density at radius 1 is 1.39 bits per heavy atom. The molecule has 1 fully saturated rings. The summed E-state index contributed by atoms with van der Waals surface area (Å²) in [7, 11) is 0. The van der Waals surface area contributed by atoms with E-state index in [1.165, 1.54) is 11.3 Å². The first-order valence-corrected chi connectivity index (χ1v) is 8.68. The number of nitrogens with zero attached hydrogens (tertiary/aromatic N) is 1. The standard InChI is InChI=1S/C13H20Br2N2S/c1-13(2,3)17-6-4-5-9(16)11(17)10-7-8(14)12(15)18-10/h7,9,11H,4-6,16H2,1-3H3. The van der Waals surface area contributed by atoms with Gasteiger partial charge in [0.1, 0.15) is 0 Å². The second-order valence-corrected chi connectivity index (χ2v) is 9.14. The molecule has 0 spiro atoms. The van der Waals surface area contributed by atoms with Crippen molar-refractivity contribution in [1.29, 1.82) is 0 Å². The normalized spacial score (nSPS) is 26.6. The number of halogens is 2. The average Bonchev–Trinajstić information content (AvgIpc) is 2.57. The molecule has 0 bridgehead atoms. The maximum absolute atomic E-state index is 6.39. The van der Waals surface area contributed by atoms with E-state index in [1.807, 2.05) is 0 Å². The van der Waals surface area contributed by atoms with Crippen molar-refractivity contribution in [3.63, 3.8) is 0 Å². The Balaban J connectivity index is 2.36. The monoisotopic (exact) mass is 394 g/mol. The largest absolute Gasteiger partial charge is 0.326 e. The molecule has 1 saturated heterocycles. The molecule has 5 heteroatoms. The summed E-state index contributed by atoms with van der Waals surface area (Å²) in [5.41, 5.74) is 6.55. The Kier molecular flexibility index (Phi) is 4.60. The van der Waals surface area contributed by atoms with Gasteiger partial charge in [0, 0.05) is 20.9 Å². The molecule has 0 aromatic carbocycles. The summed E-state index contributed by atoms with van der Waals surface area (Å²) in [6.45, 7) is 7.95. The lowest BCUT2D eigenvalue weighted by atomic mass is 9.90. The van der Waals surface area contributed by atoms with Crippen molar-refractivity contribution in [3.8, 4) is 0 Å². The summed E-state index contributed by atoms with van der Waals surface area (Å²) in [6, 6.07) is 2.78. The van der Waals surface area contributed by atoms with Gasteiger partial charge in [0.15, 0.2) is 0 Å². The third-order valence-corrected chi connectivity index (χ3v) is 6.82. The molecule has 1 aliphatic heterocycles.